The van der Waals surface area contributed by atoms with Gasteiger partial charge in [0.15, 0.2) is 0 Å². The minimum atomic E-state index is -0.182. The molecule has 0 amide bonds. The molecular formula is C12H16N2O2. The molecule has 86 valence electrons. The van der Waals surface area contributed by atoms with E-state index in [1.165, 1.54) is 0 Å². The molecule has 1 aromatic carbocycles. The van der Waals surface area contributed by atoms with E-state index < -0.39 is 0 Å². The topological polar surface area (TPSA) is 76.2 Å². The molecule has 16 heavy (non-hydrogen) atoms. The van der Waals surface area contributed by atoms with Gasteiger partial charge >= 0.3 is 5.97 Å². The highest BCUT2D eigenvalue weighted by atomic mass is 16.5. The van der Waals surface area contributed by atoms with Crippen molar-refractivity contribution in [2.45, 2.75) is 19.8 Å². The van der Waals surface area contributed by atoms with Crippen LogP contribution < -0.4 is 5.73 Å². The van der Waals surface area contributed by atoms with Gasteiger partial charge in [0.05, 0.1) is 6.61 Å². The molecule has 0 bridgehead atoms. The van der Waals surface area contributed by atoms with Gasteiger partial charge in [-0.1, -0.05) is 24.3 Å². The second kappa shape index (κ2) is 5.90. The van der Waals surface area contributed by atoms with Crippen LogP contribution in [0, 0.1) is 5.41 Å². The van der Waals surface area contributed by atoms with Gasteiger partial charge in [0.2, 0.25) is 0 Å². The quantitative estimate of drug-likeness (QED) is 0.448. The van der Waals surface area contributed by atoms with Crippen molar-refractivity contribution in [2.24, 2.45) is 5.73 Å². The second-order valence-corrected chi connectivity index (χ2v) is 3.42. The SMILES string of the molecule is CCOC(=O)CCc1ccc(C(=N)N)cc1. The van der Waals surface area contributed by atoms with E-state index in [0.29, 0.717) is 25.0 Å². The number of benzene rings is 1. The maximum absolute atomic E-state index is 11.1. The van der Waals surface area contributed by atoms with Crippen LogP contribution in [0.2, 0.25) is 0 Å². The zero-order chi connectivity index (χ0) is 12.0. The van der Waals surface area contributed by atoms with Crippen molar-refractivity contribution < 1.29 is 9.53 Å². The average Bonchev–Trinajstić information content (AvgIpc) is 2.27. The molecule has 0 aliphatic heterocycles. The Morgan fingerprint density at radius 1 is 1.38 bits per heavy atom. The molecule has 3 N–H and O–H groups in total. The number of hydrogen-bond acceptors (Lipinski definition) is 3. The third kappa shape index (κ3) is 3.73. The fraction of sp³-hybridized carbons (Fsp3) is 0.333. The van der Waals surface area contributed by atoms with Gasteiger partial charge in [0.25, 0.3) is 0 Å². The van der Waals surface area contributed by atoms with E-state index >= 15 is 0 Å². The molecule has 0 spiro atoms. The van der Waals surface area contributed by atoms with Gasteiger partial charge in [0, 0.05) is 12.0 Å². The zero-order valence-electron chi connectivity index (χ0n) is 9.32. The number of amidine groups is 1. The van der Waals surface area contributed by atoms with Gasteiger partial charge in [-0.25, -0.2) is 0 Å². The maximum Gasteiger partial charge on any atom is 0.306 e. The molecule has 0 aliphatic carbocycles. The molecule has 1 rings (SSSR count). The lowest BCUT2D eigenvalue weighted by Gasteiger charge is -2.03. The first-order valence-electron chi connectivity index (χ1n) is 5.22. The number of nitrogens with two attached hydrogens (primary N) is 1. The Morgan fingerprint density at radius 3 is 2.50 bits per heavy atom. The predicted molar refractivity (Wildman–Crippen MR) is 62.4 cm³/mol. The molecule has 0 aromatic heterocycles. The van der Waals surface area contributed by atoms with Crippen molar-refractivity contribution in [1.82, 2.24) is 0 Å². The minimum Gasteiger partial charge on any atom is -0.466 e. The summed E-state index contributed by atoms with van der Waals surface area (Å²) in [7, 11) is 0. The average molecular weight is 220 g/mol. The summed E-state index contributed by atoms with van der Waals surface area (Å²) in [5.41, 5.74) is 7.07. The monoisotopic (exact) mass is 220 g/mol. The van der Waals surface area contributed by atoms with Crippen molar-refractivity contribution >= 4 is 11.8 Å². The molecule has 0 heterocycles. The highest BCUT2D eigenvalue weighted by Crippen LogP contribution is 2.06. The molecule has 0 radical (unpaired) electrons. The normalized spacial score (nSPS) is 9.81. The Morgan fingerprint density at radius 2 is 2.00 bits per heavy atom. The van der Waals surface area contributed by atoms with Gasteiger partial charge < -0.3 is 10.5 Å². The van der Waals surface area contributed by atoms with E-state index in [1.54, 1.807) is 19.1 Å². The van der Waals surface area contributed by atoms with Crippen molar-refractivity contribution in [3.05, 3.63) is 35.4 Å². The lowest BCUT2D eigenvalue weighted by Crippen LogP contribution is -2.10. The maximum atomic E-state index is 11.1. The summed E-state index contributed by atoms with van der Waals surface area (Å²) in [6, 6.07) is 7.30. The molecule has 0 atom stereocenters. The summed E-state index contributed by atoms with van der Waals surface area (Å²) in [5.74, 6) is -0.130. The number of nitrogen functional groups attached to an aromatic ring is 1. The largest absolute Gasteiger partial charge is 0.466 e. The van der Waals surface area contributed by atoms with Crippen LogP contribution in [0.4, 0.5) is 0 Å². The summed E-state index contributed by atoms with van der Waals surface area (Å²) >= 11 is 0. The third-order valence-electron chi connectivity index (χ3n) is 2.19. The Labute approximate surface area is 94.9 Å². The zero-order valence-corrected chi connectivity index (χ0v) is 9.32. The molecular weight excluding hydrogens is 204 g/mol. The van der Waals surface area contributed by atoms with Crippen LogP contribution in [0.1, 0.15) is 24.5 Å². The summed E-state index contributed by atoms with van der Waals surface area (Å²) in [4.78, 5) is 11.1. The lowest BCUT2D eigenvalue weighted by molar-refractivity contribution is -0.143. The summed E-state index contributed by atoms with van der Waals surface area (Å²) in [5, 5.41) is 7.23. The number of ether oxygens (including phenoxy) is 1. The Balaban J connectivity index is 2.49. The van der Waals surface area contributed by atoms with Crippen molar-refractivity contribution in [3.63, 3.8) is 0 Å². The first-order chi connectivity index (χ1) is 7.63. The van der Waals surface area contributed by atoms with Gasteiger partial charge in [-0.2, -0.15) is 0 Å². The van der Waals surface area contributed by atoms with Crippen LogP contribution in [-0.4, -0.2) is 18.4 Å². The standard InChI is InChI=1S/C12H16N2O2/c1-2-16-11(15)8-5-9-3-6-10(7-4-9)12(13)14/h3-4,6-7H,2,5,8H2,1H3,(H3,13,14). The van der Waals surface area contributed by atoms with E-state index in [0.717, 1.165) is 5.56 Å². The van der Waals surface area contributed by atoms with Crippen molar-refractivity contribution in [1.29, 1.82) is 5.41 Å². The second-order valence-electron chi connectivity index (χ2n) is 3.42. The van der Waals surface area contributed by atoms with Crippen molar-refractivity contribution in [3.8, 4) is 0 Å². The molecule has 4 nitrogen and oxygen atoms in total. The Kier molecular flexibility index (Phi) is 4.51. The van der Waals surface area contributed by atoms with Crippen LogP contribution in [-0.2, 0) is 16.0 Å². The van der Waals surface area contributed by atoms with Crippen molar-refractivity contribution in [2.75, 3.05) is 6.61 Å². The smallest absolute Gasteiger partial charge is 0.306 e. The number of nitrogens with one attached hydrogen (secondary N) is 1. The fourth-order valence-electron chi connectivity index (χ4n) is 1.33. The summed E-state index contributed by atoms with van der Waals surface area (Å²) < 4.78 is 4.83. The molecule has 0 saturated heterocycles. The highest BCUT2D eigenvalue weighted by molar-refractivity contribution is 5.94. The first-order valence-corrected chi connectivity index (χ1v) is 5.22. The van der Waals surface area contributed by atoms with Gasteiger partial charge in [-0.15, -0.1) is 0 Å². The number of esters is 1. The molecule has 0 aliphatic rings. The van der Waals surface area contributed by atoms with Crippen LogP contribution in [0.15, 0.2) is 24.3 Å². The Hall–Kier alpha value is -1.84. The van der Waals surface area contributed by atoms with Crippen LogP contribution in [0.25, 0.3) is 0 Å². The number of hydrogen-bond donors (Lipinski definition) is 2. The fourth-order valence-corrected chi connectivity index (χ4v) is 1.33. The molecule has 0 unspecified atom stereocenters. The first kappa shape index (κ1) is 12.2. The van der Waals surface area contributed by atoms with Gasteiger partial charge in [-0.05, 0) is 18.9 Å². The van der Waals surface area contributed by atoms with E-state index in [2.05, 4.69) is 0 Å². The van der Waals surface area contributed by atoms with E-state index in [-0.39, 0.29) is 11.8 Å². The third-order valence-corrected chi connectivity index (χ3v) is 2.19. The summed E-state index contributed by atoms with van der Waals surface area (Å²) in [6.45, 7) is 2.21. The number of carbonyl (C=O) groups excluding carboxylic acids is 1. The van der Waals surface area contributed by atoms with Gasteiger partial charge in [0.1, 0.15) is 5.84 Å². The van der Waals surface area contributed by atoms with Crippen LogP contribution in [0.5, 0.6) is 0 Å². The lowest BCUT2D eigenvalue weighted by atomic mass is 10.1. The summed E-state index contributed by atoms with van der Waals surface area (Å²) in [6.07, 6.45) is 1.03. The molecule has 1 aromatic rings. The van der Waals surface area contributed by atoms with E-state index in [1.807, 2.05) is 12.1 Å². The predicted octanol–water partition coefficient (Wildman–Crippen LogP) is 1.47. The minimum absolute atomic E-state index is 0.0527. The Bertz CT molecular complexity index is 371. The number of carbonyl (C=O) groups is 1. The highest BCUT2D eigenvalue weighted by Gasteiger charge is 2.03. The van der Waals surface area contributed by atoms with Crippen LogP contribution >= 0.6 is 0 Å². The van der Waals surface area contributed by atoms with Crippen LogP contribution in [0.3, 0.4) is 0 Å². The number of aryl methyl sites for hydroxylation is 1. The molecule has 4 heteroatoms. The van der Waals surface area contributed by atoms with E-state index in [9.17, 15) is 4.79 Å². The molecule has 0 saturated carbocycles. The molecule has 0 fully saturated rings. The van der Waals surface area contributed by atoms with Gasteiger partial charge in [-0.3, -0.25) is 10.2 Å². The number of rotatable bonds is 5. The van der Waals surface area contributed by atoms with E-state index in [4.69, 9.17) is 15.9 Å².